The van der Waals surface area contributed by atoms with Gasteiger partial charge >= 0.3 is 0 Å². The standard InChI is InChI=1S/C18H32N2S/c1-12(2)10-18(11-13(3)4,20-14(5)6)17-19-15-8-7-9-16(15)21-17/h12-14,20H,7-11H2,1-6H3. The van der Waals surface area contributed by atoms with Crippen LogP contribution in [0.4, 0.5) is 0 Å². The van der Waals surface area contributed by atoms with E-state index in [0.29, 0.717) is 17.9 Å². The molecule has 1 aromatic heterocycles. The number of fused-ring (bicyclic) bond motifs is 1. The van der Waals surface area contributed by atoms with E-state index in [1.54, 1.807) is 4.88 Å². The van der Waals surface area contributed by atoms with Gasteiger partial charge in [0.15, 0.2) is 0 Å². The van der Waals surface area contributed by atoms with Crippen molar-refractivity contribution in [2.24, 2.45) is 11.8 Å². The van der Waals surface area contributed by atoms with Crippen LogP contribution in [0, 0.1) is 11.8 Å². The van der Waals surface area contributed by atoms with Crippen LogP contribution in [0.15, 0.2) is 0 Å². The summed E-state index contributed by atoms with van der Waals surface area (Å²) in [6, 6.07) is 0.487. The molecule has 0 fully saturated rings. The van der Waals surface area contributed by atoms with Crippen molar-refractivity contribution in [3.63, 3.8) is 0 Å². The summed E-state index contributed by atoms with van der Waals surface area (Å²) in [7, 11) is 0. The van der Waals surface area contributed by atoms with Gasteiger partial charge in [0.05, 0.1) is 11.2 Å². The maximum Gasteiger partial charge on any atom is 0.113 e. The number of rotatable bonds is 7. The van der Waals surface area contributed by atoms with Gasteiger partial charge in [-0.1, -0.05) is 27.7 Å². The van der Waals surface area contributed by atoms with E-state index in [4.69, 9.17) is 4.98 Å². The maximum atomic E-state index is 5.08. The van der Waals surface area contributed by atoms with Gasteiger partial charge in [0.25, 0.3) is 0 Å². The third kappa shape index (κ3) is 4.07. The summed E-state index contributed by atoms with van der Waals surface area (Å²) >= 11 is 1.98. The van der Waals surface area contributed by atoms with E-state index in [-0.39, 0.29) is 5.54 Å². The Morgan fingerprint density at radius 3 is 2.14 bits per heavy atom. The number of nitrogens with one attached hydrogen (secondary N) is 1. The molecule has 1 aliphatic carbocycles. The first-order valence-corrected chi connectivity index (χ1v) is 9.41. The van der Waals surface area contributed by atoms with Crippen LogP contribution in [0.5, 0.6) is 0 Å². The largest absolute Gasteiger partial charge is 0.303 e. The number of aromatic nitrogens is 1. The normalized spacial score (nSPS) is 15.5. The predicted octanol–water partition coefficient (Wildman–Crippen LogP) is 4.92. The fourth-order valence-corrected chi connectivity index (χ4v) is 5.10. The second kappa shape index (κ2) is 6.78. The molecule has 1 heterocycles. The zero-order valence-electron chi connectivity index (χ0n) is 14.6. The first-order valence-electron chi connectivity index (χ1n) is 8.59. The molecule has 21 heavy (non-hydrogen) atoms. The van der Waals surface area contributed by atoms with Crippen molar-refractivity contribution < 1.29 is 0 Å². The van der Waals surface area contributed by atoms with E-state index in [1.165, 1.54) is 42.8 Å². The molecule has 0 radical (unpaired) electrons. The first kappa shape index (κ1) is 17.0. The van der Waals surface area contributed by atoms with E-state index in [9.17, 15) is 0 Å². The Labute approximate surface area is 134 Å². The molecule has 120 valence electrons. The monoisotopic (exact) mass is 308 g/mol. The summed E-state index contributed by atoms with van der Waals surface area (Å²) < 4.78 is 0. The summed E-state index contributed by atoms with van der Waals surface area (Å²) in [4.78, 5) is 6.63. The molecular weight excluding hydrogens is 276 g/mol. The van der Waals surface area contributed by atoms with E-state index in [2.05, 4.69) is 46.9 Å². The molecule has 0 saturated heterocycles. The third-order valence-electron chi connectivity index (χ3n) is 4.08. The van der Waals surface area contributed by atoms with Crippen LogP contribution < -0.4 is 5.32 Å². The highest BCUT2D eigenvalue weighted by atomic mass is 32.1. The van der Waals surface area contributed by atoms with Gasteiger partial charge in [0, 0.05) is 10.9 Å². The van der Waals surface area contributed by atoms with E-state index in [1.807, 2.05) is 11.3 Å². The SMILES string of the molecule is CC(C)CC(CC(C)C)(NC(C)C)c1nc2c(s1)CCC2. The smallest absolute Gasteiger partial charge is 0.113 e. The van der Waals surface area contributed by atoms with Gasteiger partial charge in [-0.15, -0.1) is 11.3 Å². The van der Waals surface area contributed by atoms with Gasteiger partial charge in [0.1, 0.15) is 5.01 Å². The Morgan fingerprint density at radius 2 is 1.67 bits per heavy atom. The van der Waals surface area contributed by atoms with Crippen molar-refractivity contribution in [2.75, 3.05) is 0 Å². The molecule has 3 heteroatoms. The van der Waals surface area contributed by atoms with Gasteiger partial charge in [-0.05, 0) is 57.8 Å². The average Bonchev–Trinajstić information content (AvgIpc) is 2.84. The summed E-state index contributed by atoms with van der Waals surface area (Å²) in [5, 5.41) is 5.26. The number of hydrogen-bond donors (Lipinski definition) is 1. The van der Waals surface area contributed by atoms with Crippen LogP contribution in [0.25, 0.3) is 0 Å². The van der Waals surface area contributed by atoms with Crippen LogP contribution in [0.1, 0.15) is 76.4 Å². The molecule has 0 amide bonds. The molecular formula is C18H32N2S. The Kier molecular flexibility index (Phi) is 5.48. The van der Waals surface area contributed by atoms with Crippen LogP contribution in [0.2, 0.25) is 0 Å². The quantitative estimate of drug-likeness (QED) is 0.773. The van der Waals surface area contributed by atoms with Crippen molar-refractivity contribution in [1.82, 2.24) is 10.3 Å². The van der Waals surface area contributed by atoms with E-state index < -0.39 is 0 Å². The van der Waals surface area contributed by atoms with Crippen molar-refractivity contribution in [1.29, 1.82) is 0 Å². The fourth-order valence-electron chi connectivity index (χ4n) is 3.78. The lowest BCUT2D eigenvalue weighted by atomic mass is 9.81. The zero-order chi connectivity index (χ0) is 15.6. The molecule has 0 unspecified atom stereocenters. The Balaban J connectivity index is 2.39. The average molecular weight is 309 g/mol. The lowest BCUT2D eigenvalue weighted by Gasteiger charge is -2.38. The molecule has 0 saturated carbocycles. The highest BCUT2D eigenvalue weighted by molar-refractivity contribution is 7.12. The van der Waals surface area contributed by atoms with E-state index >= 15 is 0 Å². The van der Waals surface area contributed by atoms with Gasteiger partial charge in [-0.3, -0.25) is 0 Å². The number of nitrogens with zero attached hydrogens (tertiary/aromatic N) is 1. The van der Waals surface area contributed by atoms with Gasteiger partial charge in [-0.2, -0.15) is 0 Å². The highest BCUT2D eigenvalue weighted by Crippen LogP contribution is 2.40. The Bertz CT molecular complexity index is 412. The van der Waals surface area contributed by atoms with Gasteiger partial charge < -0.3 is 5.32 Å². The number of hydrogen-bond acceptors (Lipinski definition) is 3. The summed E-state index contributed by atoms with van der Waals surface area (Å²) in [5.74, 6) is 1.35. The van der Waals surface area contributed by atoms with Crippen LogP contribution >= 0.6 is 11.3 Å². The van der Waals surface area contributed by atoms with Crippen LogP contribution in [0.3, 0.4) is 0 Å². The lowest BCUT2D eigenvalue weighted by molar-refractivity contribution is 0.207. The molecule has 0 spiro atoms. The molecule has 2 nitrogen and oxygen atoms in total. The van der Waals surface area contributed by atoms with Crippen molar-refractivity contribution in [3.05, 3.63) is 15.6 Å². The highest BCUT2D eigenvalue weighted by Gasteiger charge is 2.38. The first-order chi connectivity index (χ1) is 9.82. The van der Waals surface area contributed by atoms with Crippen LogP contribution in [-0.2, 0) is 18.4 Å². The third-order valence-corrected chi connectivity index (χ3v) is 5.44. The Hall–Kier alpha value is -0.410. The molecule has 0 bridgehead atoms. The lowest BCUT2D eigenvalue weighted by Crippen LogP contribution is -2.48. The van der Waals surface area contributed by atoms with Crippen molar-refractivity contribution in [2.45, 2.75) is 85.2 Å². The van der Waals surface area contributed by atoms with Crippen molar-refractivity contribution >= 4 is 11.3 Å². The van der Waals surface area contributed by atoms with E-state index in [0.717, 1.165) is 0 Å². The predicted molar refractivity (Wildman–Crippen MR) is 93.0 cm³/mol. The molecule has 0 atom stereocenters. The summed E-state index contributed by atoms with van der Waals surface area (Å²) in [5.41, 5.74) is 1.45. The molecule has 0 aliphatic heterocycles. The minimum atomic E-state index is 0.0610. The minimum Gasteiger partial charge on any atom is -0.303 e. The summed E-state index contributed by atoms with van der Waals surface area (Å²) in [6.07, 6.45) is 6.08. The van der Waals surface area contributed by atoms with Gasteiger partial charge in [-0.25, -0.2) is 4.98 Å². The molecule has 1 aromatic rings. The van der Waals surface area contributed by atoms with Crippen molar-refractivity contribution in [3.8, 4) is 0 Å². The van der Waals surface area contributed by atoms with Crippen LogP contribution in [-0.4, -0.2) is 11.0 Å². The molecule has 0 aromatic carbocycles. The fraction of sp³-hybridized carbons (Fsp3) is 0.833. The zero-order valence-corrected chi connectivity index (χ0v) is 15.4. The molecule has 1 N–H and O–H groups in total. The summed E-state index contributed by atoms with van der Waals surface area (Å²) in [6.45, 7) is 13.8. The number of aryl methyl sites for hydroxylation is 2. The molecule has 2 rings (SSSR count). The van der Waals surface area contributed by atoms with Gasteiger partial charge in [0.2, 0.25) is 0 Å². The second-order valence-corrected chi connectivity index (χ2v) is 8.90. The topological polar surface area (TPSA) is 24.9 Å². The maximum absolute atomic E-state index is 5.08. The Morgan fingerprint density at radius 1 is 1.05 bits per heavy atom. The number of thiazole rings is 1. The second-order valence-electron chi connectivity index (χ2n) is 7.82. The minimum absolute atomic E-state index is 0.0610. The molecule has 1 aliphatic rings.